The van der Waals surface area contributed by atoms with Crippen molar-refractivity contribution in [3.63, 3.8) is 0 Å². The predicted octanol–water partition coefficient (Wildman–Crippen LogP) is 2.15. The van der Waals surface area contributed by atoms with Gasteiger partial charge in [-0.2, -0.15) is 0 Å². The predicted molar refractivity (Wildman–Crippen MR) is 58.1 cm³/mol. The summed E-state index contributed by atoms with van der Waals surface area (Å²) in [5.74, 6) is 0. The maximum Gasteiger partial charge on any atom is 0.119 e. The quantitative estimate of drug-likeness (QED) is 0.528. The van der Waals surface area contributed by atoms with Gasteiger partial charge in [0.15, 0.2) is 0 Å². The maximum absolute atomic E-state index is 10.0. The van der Waals surface area contributed by atoms with Crippen molar-refractivity contribution in [3.8, 4) is 0 Å². The molecule has 0 heterocycles. The molecule has 0 radical (unpaired) electrons. The Hall–Kier alpha value is -1.15. The summed E-state index contributed by atoms with van der Waals surface area (Å²) in [6.45, 7) is 1.91. The molecule has 0 saturated carbocycles. The number of nitrogens with one attached hydrogen (secondary N) is 1. The standard InChI is InChI=1S/C12H17NO/c14-10-6-2-5-9-13-11-12-7-3-1-4-8-12/h1,3-4,7-8,10,13H,2,5-6,9,11H2. The van der Waals surface area contributed by atoms with Crippen LogP contribution in [0.3, 0.4) is 0 Å². The zero-order valence-electron chi connectivity index (χ0n) is 8.41. The fraction of sp³-hybridized carbons (Fsp3) is 0.417. The molecule has 1 aromatic rings. The van der Waals surface area contributed by atoms with Gasteiger partial charge >= 0.3 is 0 Å². The van der Waals surface area contributed by atoms with Gasteiger partial charge in [0.2, 0.25) is 0 Å². The maximum atomic E-state index is 10.0. The van der Waals surface area contributed by atoms with E-state index in [2.05, 4.69) is 17.4 Å². The lowest BCUT2D eigenvalue weighted by molar-refractivity contribution is -0.107. The molecule has 0 unspecified atom stereocenters. The van der Waals surface area contributed by atoms with E-state index < -0.39 is 0 Å². The largest absolute Gasteiger partial charge is 0.313 e. The number of hydrogen-bond acceptors (Lipinski definition) is 2. The third-order valence-corrected chi connectivity index (χ3v) is 2.10. The molecule has 1 N–H and O–H groups in total. The molecule has 2 heteroatoms. The highest BCUT2D eigenvalue weighted by molar-refractivity contribution is 5.48. The molecule has 1 aromatic carbocycles. The number of benzene rings is 1. The molecule has 0 bridgehead atoms. The third kappa shape index (κ3) is 4.77. The minimum atomic E-state index is 0.688. The second-order valence-corrected chi connectivity index (χ2v) is 3.32. The van der Waals surface area contributed by atoms with E-state index in [1.807, 2.05) is 18.2 Å². The van der Waals surface area contributed by atoms with Gasteiger partial charge in [0.05, 0.1) is 0 Å². The highest BCUT2D eigenvalue weighted by Gasteiger charge is 1.90. The number of carbonyl (C=O) groups is 1. The van der Waals surface area contributed by atoms with Crippen molar-refractivity contribution >= 4 is 6.29 Å². The lowest BCUT2D eigenvalue weighted by Crippen LogP contribution is -2.14. The van der Waals surface area contributed by atoms with Crippen molar-refractivity contribution in [2.24, 2.45) is 0 Å². The van der Waals surface area contributed by atoms with E-state index in [0.29, 0.717) is 6.42 Å². The first-order valence-electron chi connectivity index (χ1n) is 5.12. The molecule has 0 atom stereocenters. The molecule has 14 heavy (non-hydrogen) atoms. The molecule has 0 aromatic heterocycles. The fourth-order valence-electron chi connectivity index (χ4n) is 1.31. The minimum absolute atomic E-state index is 0.688. The van der Waals surface area contributed by atoms with Crippen LogP contribution in [0.25, 0.3) is 0 Å². The number of aldehydes is 1. The van der Waals surface area contributed by atoms with Crippen molar-refractivity contribution in [2.45, 2.75) is 25.8 Å². The molecule has 0 saturated heterocycles. The van der Waals surface area contributed by atoms with E-state index in [9.17, 15) is 4.79 Å². The Morgan fingerprint density at radius 2 is 1.93 bits per heavy atom. The van der Waals surface area contributed by atoms with Crippen LogP contribution in [0.5, 0.6) is 0 Å². The molecular weight excluding hydrogens is 174 g/mol. The van der Waals surface area contributed by atoms with Gasteiger partial charge < -0.3 is 10.1 Å². The molecule has 0 aliphatic heterocycles. The lowest BCUT2D eigenvalue weighted by atomic mass is 10.2. The molecule has 0 aliphatic rings. The van der Waals surface area contributed by atoms with Crippen molar-refractivity contribution in [1.82, 2.24) is 5.32 Å². The summed E-state index contributed by atoms with van der Waals surface area (Å²) in [4.78, 5) is 10.0. The second kappa shape index (κ2) is 7.27. The van der Waals surface area contributed by atoms with Crippen LogP contribution in [0.1, 0.15) is 24.8 Å². The lowest BCUT2D eigenvalue weighted by Gasteiger charge is -2.03. The van der Waals surface area contributed by atoms with Gasteiger partial charge in [0, 0.05) is 13.0 Å². The van der Waals surface area contributed by atoms with Crippen molar-refractivity contribution in [2.75, 3.05) is 6.54 Å². The average molecular weight is 191 g/mol. The van der Waals surface area contributed by atoms with Gasteiger partial charge in [0.1, 0.15) is 6.29 Å². The van der Waals surface area contributed by atoms with E-state index in [0.717, 1.165) is 32.2 Å². The van der Waals surface area contributed by atoms with Crippen LogP contribution in [0, 0.1) is 0 Å². The van der Waals surface area contributed by atoms with Crippen molar-refractivity contribution < 1.29 is 4.79 Å². The van der Waals surface area contributed by atoms with E-state index >= 15 is 0 Å². The van der Waals surface area contributed by atoms with E-state index in [4.69, 9.17) is 0 Å². The Morgan fingerprint density at radius 3 is 2.64 bits per heavy atom. The van der Waals surface area contributed by atoms with Crippen LogP contribution < -0.4 is 5.32 Å². The molecule has 0 amide bonds. The summed E-state index contributed by atoms with van der Waals surface area (Å²) in [5, 5.41) is 3.34. The Labute approximate surface area is 85.3 Å². The molecule has 0 spiro atoms. The molecular formula is C12H17NO. The first-order valence-corrected chi connectivity index (χ1v) is 5.12. The van der Waals surface area contributed by atoms with Crippen LogP contribution in [-0.2, 0) is 11.3 Å². The summed E-state index contributed by atoms with van der Waals surface area (Å²) in [6, 6.07) is 10.3. The Morgan fingerprint density at radius 1 is 1.14 bits per heavy atom. The van der Waals surface area contributed by atoms with E-state index in [-0.39, 0.29) is 0 Å². The molecule has 1 rings (SSSR count). The van der Waals surface area contributed by atoms with Gasteiger partial charge in [-0.15, -0.1) is 0 Å². The second-order valence-electron chi connectivity index (χ2n) is 3.32. The van der Waals surface area contributed by atoms with Gasteiger partial charge in [-0.3, -0.25) is 0 Å². The highest BCUT2D eigenvalue weighted by Crippen LogP contribution is 1.97. The summed E-state index contributed by atoms with van der Waals surface area (Å²) < 4.78 is 0. The number of carbonyl (C=O) groups excluding carboxylic acids is 1. The molecule has 76 valence electrons. The van der Waals surface area contributed by atoms with Gasteiger partial charge in [-0.1, -0.05) is 30.3 Å². The van der Waals surface area contributed by atoms with Gasteiger partial charge in [-0.05, 0) is 24.9 Å². The molecule has 2 nitrogen and oxygen atoms in total. The summed E-state index contributed by atoms with van der Waals surface area (Å²) >= 11 is 0. The minimum Gasteiger partial charge on any atom is -0.313 e. The van der Waals surface area contributed by atoms with Crippen LogP contribution in [0.2, 0.25) is 0 Å². The zero-order chi connectivity index (χ0) is 10.1. The SMILES string of the molecule is O=CCCCCNCc1ccccc1. The monoisotopic (exact) mass is 191 g/mol. The topological polar surface area (TPSA) is 29.1 Å². The first kappa shape index (κ1) is 10.9. The van der Waals surface area contributed by atoms with Crippen LogP contribution in [0.4, 0.5) is 0 Å². The molecule has 0 fully saturated rings. The van der Waals surface area contributed by atoms with Crippen LogP contribution >= 0.6 is 0 Å². The Kier molecular flexibility index (Phi) is 5.68. The summed E-state index contributed by atoms with van der Waals surface area (Å²) in [7, 11) is 0. The van der Waals surface area contributed by atoms with E-state index in [1.165, 1.54) is 5.56 Å². The highest BCUT2D eigenvalue weighted by atomic mass is 16.1. The van der Waals surface area contributed by atoms with Crippen molar-refractivity contribution in [1.29, 1.82) is 0 Å². The van der Waals surface area contributed by atoms with E-state index in [1.54, 1.807) is 0 Å². The smallest absolute Gasteiger partial charge is 0.119 e. The van der Waals surface area contributed by atoms with Crippen LogP contribution in [0.15, 0.2) is 30.3 Å². The Bertz CT molecular complexity index is 246. The first-order chi connectivity index (χ1) is 6.93. The fourth-order valence-corrected chi connectivity index (χ4v) is 1.31. The number of unbranched alkanes of at least 4 members (excludes halogenated alkanes) is 2. The number of hydrogen-bond donors (Lipinski definition) is 1. The third-order valence-electron chi connectivity index (χ3n) is 2.10. The Balaban J connectivity index is 2.02. The van der Waals surface area contributed by atoms with Gasteiger partial charge in [-0.25, -0.2) is 0 Å². The van der Waals surface area contributed by atoms with Crippen LogP contribution in [-0.4, -0.2) is 12.8 Å². The normalized spacial score (nSPS) is 10.0. The average Bonchev–Trinajstić information content (AvgIpc) is 2.25. The van der Waals surface area contributed by atoms with Gasteiger partial charge in [0.25, 0.3) is 0 Å². The number of rotatable bonds is 7. The summed E-state index contributed by atoms with van der Waals surface area (Å²) in [5.41, 5.74) is 1.31. The summed E-state index contributed by atoms with van der Waals surface area (Å²) in [6.07, 6.45) is 3.74. The molecule has 0 aliphatic carbocycles. The van der Waals surface area contributed by atoms with Crippen molar-refractivity contribution in [3.05, 3.63) is 35.9 Å². The zero-order valence-corrected chi connectivity index (χ0v) is 8.41.